The van der Waals surface area contributed by atoms with Crippen LogP contribution in [0.15, 0.2) is 12.1 Å². The lowest BCUT2D eigenvalue weighted by molar-refractivity contribution is -0.384. The van der Waals surface area contributed by atoms with Gasteiger partial charge in [0.1, 0.15) is 5.82 Å². The van der Waals surface area contributed by atoms with Crippen molar-refractivity contribution >= 4 is 17.3 Å². The number of pyridine rings is 1. The molecule has 0 aliphatic heterocycles. The van der Waals surface area contributed by atoms with Crippen LogP contribution in [0.5, 0.6) is 0 Å². The Hall–Kier alpha value is -1.85. The van der Waals surface area contributed by atoms with Crippen LogP contribution in [0, 0.1) is 16.0 Å². The summed E-state index contributed by atoms with van der Waals surface area (Å²) in [6.45, 7) is 7.90. The third-order valence-electron chi connectivity index (χ3n) is 3.62. The molecule has 1 saturated carbocycles. The van der Waals surface area contributed by atoms with E-state index in [4.69, 9.17) is 0 Å². The lowest BCUT2D eigenvalue weighted by atomic mass is 10.1. The van der Waals surface area contributed by atoms with Crippen LogP contribution in [0.2, 0.25) is 0 Å². The highest BCUT2D eigenvalue weighted by molar-refractivity contribution is 5.62. The molecule has 6 nitrogen and oxygen atoms in total. The molecule has 1 aromatic heterocycles. The number of nitro groups is 1. The van der Waals surface area contributed by atoms with Gasteiger partial charge in [0.15, 0.2) is 0 Å². The van der Waals surface area contributed by atoms with Gasteiger partial charge in [0.05, 0.1) is 4.92 Å². The molecular weight excluding hydrogens is 268 g/mol. The van der Waals surface area contributed by atoms with Crippen LogP contribution < -0.4 is 10.2 Å². The fraction of sp³-hybridized carbons (Fsp3) is 0.667. The van der Waals surface area contributed by atoms with Crippen molar-refractivity contribution in [2.24, 2.45) is 5.92 Å². The molecule has 1 aliphatic rings. The molecule has 2 rings (SSSR count). The van der Waals surface area contributed by atoms with E-state index in [9.17, 15) is 10.1 Å². The van der Waals surface area contributed by atoms with Crippen LogP contribution in [0.4, 0.5) is 17.3 Å². The summed E-state index contributed by atoms with van der Waals surface area (Å²) in [7, 11) is 0. The van der Waals surface area contributed by atoms with Crippen LogP contribution in [-0.4, -0.2) is 29.0 Å². The summed E-state index contributed by atoms with van der Waals surface area (Å²) in [5.41, 5.74) is 0.104. The fourth-order valence-corrected chi connectivity index (χ4v) is 2.32. The zero-order valence-corrected chi connectivity index (χ0v) is 13.0. The second-order valence-corrected chi connectivity index (χ2v) is 5.93. The molecule has 116 valence electrons. The Bertz CT molecular complexity index is 500. The molecule has 0 saturated heterocycles. The van der Waals surface area contributed by atoms with Crippen molar-refractivity contribution in [1.82, 2.24) is 4.98 Å². The number of anilines is 2. The topological polar surface area (TPSA) is 71.3 Å². The van der Waals surface area contributed by atoms with Crippen LogP contribution in [0.25, 0.3) is 0 Å². The number of rotatable bonds is 8. The number of nitrogens with zero attached hydrogens (tertiary/aromatic N) is 3. The van der Waals surface area contributed by atoms with E-state index in [1.807, 2.05) is 6.92 Å². The van der Waals surface area contributed by atoms with Gasteiger partial charge in [-0.1, -0.05) is 13.8 Å². The molecule has 0 aromatic carbocycles. The lowest BCUT2D eigenvalue weighted by Gasteiger charge is -2.24. The quantitative estimate of drug-likeness (QED) is 0.587. The van der Waals surface area contributed by atoms with E-state index in [1.54, 1.807) is 12.1 Å². The third-order valence-corrected chi connectivity index (χ3v) is 3.62. The Labute approximate surface area is 125 Å². The molecule has 0 unspecified atom stereocenters. The number of aromatic nitrogens is 1. The van der Waals surface area contributed by atoms with Crippen LogP contribution in [-0.2, 0) is 0 Å². The predicted octanol–water partition coefficient (Wildman–Crippen LogP) is 3.44. The third kappa shape index (κ3) is 4.06. The van der Waals surface area contributed by atoms with Gasteiger partial charge in [0.2, 0.25) is 5.82 Å². The normalized spacial score (nSPS) is 14.3. The minimum atomic E-state index is -0.331. The first-order chi connectivity index (χ1) is 10.0. The van der Waals surface area contributed by atoms with Crippen LogP contribution in [0.1, 0.15) is 40.0 Å². The first kappa shape index (κ1) is 15.5. The number of hydrogen-bond donors (Lipinski definition) is 1. The molecule has 1 aromatic rings. The number of hydrogen-bond acceptors (Lipinski definition) is 5. The minimum absolute atomic E-state index is 0.104. The Morgan fingerprint density at radius 1 is 1.48 bits per heavy atom. The van der Waals surface area contributed by atoms with E-state index in [2.05, 4.69) is 29.0 Å². The molecule has 21 heavy (non-hydrogen) atoms. The molecule has 0 amide bonds. The van der Waals surface area contributed by atoms with Gasteiger partial charge in [-0.05, 0) is 38.2 Å². The number of nitrogens with one attached hydrogen (secondary N) is 1. The molecule has 0 radical (unpaired) electrons. The molecule has 0 spiro atoms. The molecule has 0 atom stereocenters. The van der Waals surface area contributed by atoms with Crippen molar-refractivity contribution < 1.29 is 4.92 Å². The first-order valence-corrected chi connectivity index (χ1v) is 7.68. The highest BCUT2D eigenvalue weighted by Crippen LogP contribution is 2.36. The van der Waals surface area contributed by atoms with E-state index < -0.39 is 0 Å². The standard InChI is InChI=1S/C15H24N4O2/c1-4-16-14-8-7-13(19(20)21)15(17-14)18(12-5-6-12)10-9-11(2)3/h7-8,11-12H,4-6,9-10H2,1-3H3,(H,16,17). The summed E-state index contributed by atoms with van der Waals surface area (Å²) in [5.74, 6) is 1.79. The summed E-state index contributed by atoms with van der Waals surface area (Å²) in [6.07, 6.45) is 3.21. The van der Waals surface area contributed by atoms with Crippen LogP contribution in [0.3, 0.4) is 0 Å². The highest BCUT2D eigenvalue weighted by Gasteiger charge is 2.34. The average Bonchev–Trinajstić information content (AvgIpc) is 3.23. The van der Waals surface area contributed by atoms with Crippen molar-refractivity contribution in [2.75, 3.05) is 23.3 Å². The lowest BCUT2D eigenvalue weighted by Crippen LogP contribution is -2.29. The van der Waals surface area contributed by atoms with Crippen molar-refractivity contribution in [2.45, 2.75) is 46.1 Å². The van der Waals surface area contributed by atoms with E-state index in [0.717, 1.165) is 32.4 Å². The van der Waals surface area contributed by atoms with E-state index in [-0.39, 0.29) is 10.6 Å². The molecule has 1 aliphatic carbocycles. The van der Waals surface area contributed by atoms with Gasteiger partial charge >= 0.3 is 5.69 Å². The second-order valence-electron chi connectivity index (χ2n) is 5.93. The monoisotopic (exact) mass is 292 g/mol. The molecule has 0 bridgehead atoms. The first-order valence-electron chi connectivity index (χ1n) is 7.68. The highest BCUT2D eigenvalue weighted by atomic mass is 16.6. The van der Waals surface area contributed by atoms with E-state index in [1.165, 1.54) is 0 Å². The summed E-state index contributed by atoms with van der Waals surface area (Å²) in [5, 5.41) is 14.4. The molecule has 6 heteroatoms. The summed E-state index contributed by atoms with van der Waals surface area (Å²) < 4.78 is 0. The smallest absolute Gasteiger partial charge is 0.311 e. The predicted molar refractivity (Wildman–Crippen MR) is 84.9 cm³/mol. The summed E-state index contributed by atoms with van der Waals surface area (Å²) >= 11 is 0. The zero-order chi connectivity index (χ0) is 15.4. The minimum Gasteiger partial charge on any atom is -0.370 e. The van der Waals surface area contributed by atoms with Crippen LogP contribution >= 0.6 is 0 Å². The Kier molecular flexibility index (Phi) is 4.98. The van der Waals surface area contributed by atoms with Crippen molar-refractivity contribution in [3.8, 4) is 0 Å². The van der Waals surface area contributed by atoms with Gasteiger partial charge in [0, 0.05) is 25.2 Å². The second kappa shape index (κ2) is 6.74. The maximum Gasteiger partial charge on any atom is 0.311 e. The fourth-order valence-electron chi connectivity index (χ4n) is 2.32. The maximum atomic E-state index is 11.3. The molecule has 1 heterocycles. The largest absolute Gasteiger partial charge is 0.370 e. The average molecular weight is 292 g/mol. The van der Waals surface area contributed by atoms with Crippen molar-refractivity contribution in [3.63, 3.8) is 0 Å². The van der Waals surface area contributed by atoms with Gasteiger partial charge < -0.3 is 10.2 Å². The summed E-state index contributed by atoms with van der Waals surface area (Å²) in [6, 6.07) is 3.65. The van der Waals surface area contributed by atoms with Crippen molar-refractivity contribution in [1.29, 1.82) is 0 Å². The van der Waals surface area contributed by atoms with Gasteiger partial charge in [-0.3, -0.25) is 10.1 Å². The SMILES string of the molecule is CCNc1ccc([N+](=O)[O-])c(N(CCC(C)C)C2CC2)n1. The molecule has 1 N–H and O–H groups in total. The van der Waals surface area contributed by atoms with Crippen molar-refractivity contribution in [3.05, 3.63) is 22.2 Å². The zero-order valence-electron chi connectivity index (χ0n) is 13.0. The van der Waals surface area contributed by atoms with Gasteiger partial charge in [-0.2, -0.15) is 0 Å². The Morgan fingerprint density at radius 2 is 2.19 bits per heavy atom. The maximum absolute atomic E-state index is 11.3. The van der Waals surface area contributed by atoms with Gasteiger partial charge in [0.25, 0.3) is 0 Å². The molecular formula is C15H24N4O2. The Balaban J connectivity index is 2.31. The van der Waals surface area contributed by atoms with Gasteiger partial charge in [-0.25, -0.2) is 4.98 Å². The molecule has 1 fully saturated rings. The van der Waals surface area contributed by atoms with Gasteiger partial charge in [-0.15, -0.1) is 0 Å². The Morgan fingerprint density at radius 3 is 2.71 bits per heavy atom. The van der Waals surface area contributed by atoms with E-state index >= 15 is 0 Å². The van der Waals surface area contributed by atoms with E-state index in [0.29, 0.717) is 23.6 Å². The summed E-state index contributed by atoms with van der Waals surface area (Å²) in [4.78, 5) is 17.6.